The van der Waals surface area contributed by atoms with Crippen LogP contribution in [0.25, 0.3) is 0 Å². The number of hydrogen-bond acceptors (Lipinski definition) is 4. The third kappa shape index (κ3) is 3.76. The van der Waals surface area contributed by atoms with E-state index < -0.39 is 28.1 Å². The van der Waals surface area contributed by atoms with Gasteiger partial charge < -0.3 is 10.2 Å². The van der Waals surface area contributed by atoms with Gasteiger partial charge in [-0.2, -0.15) is 4.72 Å². The molecule has 0 saturated carbocycles. The molecule has 0 bridgehead atoms. The highest BCUT2D eigenvalue weighted by molar-refractivity contribution is 7.89. The van der Waals surface area contributed by atoms with E-state index in [0.717, 1.165) is 11.1 Å². The van der Waals surface area contributed by atoms with Gasteiger partial charge in [0, 0.05) is 0 Å². The number of aryl methyl sites for hydroxylation is 2. The van der Waals surface area contributed by atoms with E-state index in [-0.39, 0.29) is 4.90 Å². The molecule has 6 nitrogen and oxygen atoms in total. The smallest absolute Gasteiger partial charge is 0.324 e. The fraction of sp³-hybridized carbons (Fsp3) is 0.417. The number of nitrogens with one attached hydrogen (secondary N) is 1. The Bertz CT molecular complexity index is 580. The van der Waals surface area contributed by atoms with Crippen molar-refractivity contribution in [2.75, 3.05) is 0 Å². The van der Waals surface area contributed by atoms with E-state index in [1.54, 1.807) is 13.0 Å². The molecule has 0 radical (unpaired) electrons. The number of aliphatic hydroxyl groups is 1. The molecular formula is C12H17NO5S. The van der Waals surface area contributed by atoms with Gasteiger partial charge >= 0.3 is 5.97 Å². The summed E-state index contributed by atoms with van der Waals surface area (Å²) in [6.45, 7) is 4.81. The quantitative estimate of drug-likeness (QED) is 0.728. The van der Waals surface area contributed by atoms with Crippen LogP contribution in [0.4, 0.5) is 0 Å². The van der Waals surface area contributed by atoms with Crippen molar-refractivity contribution in [3.63, 3.8) is 0 Å². The first-order chi connectivity index (χ1) is 8.65. The normalized spacial score (nSPS) is 14.9. The summed E-state index contributed by atoms with van der Waals surface area (Å²) in [5.41, 5.74) is 1.72. The van der Waals surface area contributed by atoms with Gasteiger partial charge in [-0.25, -0.2) is 8.42 Å². The number of aliphatic carboxylic acids is 1. The molecule has 0 aliphatic rings. The van der Waals surface area contributed by atoms with Crippen molar-refractivity contribution >= 4 is 16.0 Å². The minimum Gasteiger partial charge on any atom is -0.480 e. The Kier molecular flexibility index (Phi) is 4.67. The van der Waals surface area contributed by atoms with Crippen LogP contribution in [0.15, 0.2) is 23.1 Å². The highest BCUT2D eigenvalue weighted by Gasteiger charge is 2.29. The minimum atomic E-state index is -3.98. The SMILES string of the molecule is Cc1ccc(S(=O)(=O)N[C@H](C(=O)O)[C@@H](C)O)cc1C. The second kappa shape index (κ2) is 5.68. The zero-order valence-corrected chi connectivity index (χ0v) is 11.7. The first kappa shape index (κ1) is 15.6. The van der Waals surface area contributed by atoms with Crippen LogP contribution >= 0.6 is 0 Å². The molecule has 0 unspecified atom stereocenters. The summed E-state index contributed by atoms with van der Waals surface area (Å²) in [4.78, 5) is 10.9. The molecule has 1 aromatic rings. The van der Waals surface area contributed by atoms with Gasteiger partial charge in [-0.15, -0.1) is 0 Å². The maximum absolute atomic E-state index is 12.0. The monoisotopic (exact) mass is 287 g/mol. The highest BCUT2D eigenvalue weighted by atomic mass is 32.2. The first-order valence-corrected chi connectivity index (χ1v) is 7.14. The summed E-state index contributed by atoms with van der Waals surface area (Å²) in [6, 6.07) is 2.92. The summed E-state index contributed by atoms with van der Waals surface area (Å²) >= 11 is 0. The van der Waals surface area contributed by atoms with E-state index in [9.17, 15) is 18.3 Å². The van der Waals surface area contributed by atoms with Crippen LogP contribution in [0.2, 0.25) is 0 Å². The predicted molar refractivity (Wildman–Crippen MR) is 69.3 cm³/mol. The summed E-state index contributed by atoms with van der Waals surface area (Å²) in [5.74, 6) is -1.43. The number of carboxylic acid groups (broad SMARTS) is 1. The lowest BCUT2D eigenvalue weighted by Crippen LogP contribution is -2.47. The third-order valence-corrected chi connectivity index (χ3v) is 4.26. The molecule has 19 heavy (non-hydrogen) atoms. The van der Waals surface area contributed by atoms with Crippen molar-refractivity contribution in [2.45, 2.75) is 37.8 Å². The van der Waals surface area contributed by atoms with Crippen molar-refractivity contribution in [1.82, 2.24) is 4.72 Å². The lowest BCUT2D eigenvalue weighted by atomic mass is 10.1. The molecule has 0 amide bonds. The maximum atomic E-state index is 12.0. The van der Waals surface area contributed by atoms with Gasteiger partial charge in [0.05, 0.1) is 11.0 Å². The van der Waals surface area contributed by atoms with Crippen molar-refractivity contribution in [3.05, 3.63) is 29.3 Å². The average Bonchev–Trinajstić information content (AvgIpc) is 2.28. The Hall–Kier alpha value is -1.44. The van der Waals surface area contributed by atoms with E-state index in [0.29, 0.717) is 0 Å². The van der Waals surface area contributed by atoms with Crippen LogP contribution < -0.4 is 4.72 Å². The van der Waals surface area contributed by atoms with E-state index in [1.807, 2.05) is 11.6 Å². The van der Waals surface area contributed by atoms with Crippen molar-refractivity contribution in [3.8, 4) is 0 Å². The van der Waals surface area contributed by atoms with Crippen LogP contribution in [-0.4, -0.2) is 36.7 Å². The number of carboxylic acids is 1. The Morgan fingerprint density at radius 3 is 2.26 bits per heavy atom. The van der Waals surface area contributed by atoms with Gasteiger partial charge in [0.2, 0.25) is 10.0 Å². The molecule has 0 aromatic heterocycles. The van der Waals surface area contributed by atoms with Gasteiger partial charge in [0.1, 0.15) is 6.04 Å². The van der Waals surface area contributed by atoms with Crippen LogP contribution in [0.5, 0.6) is 0 Å². The van der Waals surface area contributed by atoms with Gasteiger partial charge in [-0.05, 0) is 44.0 Å². The minimum absolute atomic E-state index is 0.0255. The van der Waals surface area contributed by atoms with Crippen molar-refractivity contribution in [1.29, 1.82) is 0 Å². The highest BCUT2D eigenvalue weighted by Crippen LogP contribution is 2.15. The molecule has 1 rings (SSSR count). The van der Waals surface area contributed by atoms with E-state index in [1.165, 1.54) is 19.1 Å². The molecule has 0 aliphatic carbocycles. The van der Waals surface area contributed by atoms with E-state index in [2.05, 4.69) is 0 Å². The summed E-state index contributed by atoms with van der Waals surface area (Å²) in [7, 11) is -3.98. The predicted octanol–water partition coefficient (Wildman–Crippen LogP) is 0.416. The molecule has 106 valence electrons. The lowest BCUT2D eigenvalue weighted by Gasteiger charge is -2.17. The zero-order valence-electron chi connectivity index (χ0n) is 10.9. The van der Waals surface area contributed by atoms with Gasteiger partial charge in [-0.1, -0.05) is 6.07 Å². The standard InChI is InChI=1S/C12H17NO5S/c1-7-4-5-10(6-8(7)2)19(17,18)13-11(9(3)14)12(15)16/h4-6,9,11,13-14H,1-3H3,(H,15,16)/t9-,11+/m1/s1. The fourth-order valence-corrected chi connectivity index (χ4v) is 2.82. The Morgan fingerprint density at radius 2 is 1.84 bits per heavy atom. The van der Waals surface area contributed by atoms with Crippen LogP contribution in [0.1, 0.15) is 18.1 Å². The molecule has 3 N–H and O–H groups in total. The van der Waals surface area contributed by atoms with Crippen molar-refractivity contribution < 1.29 is 23.4 Å². The number of hydrogen-bond donors (Lipinski definition) is 3. The van der Waals surface area contributed by atoms with Gasteiger partial charge in [0.25, 0.3) is 0 Å². The average molecular weight is 287 g/mol. The topological polar surface area (TPSA) is 104 Å². The number of aliphatic hydroxyl groups excluding tert-OH is 1. The molecule has 0 saturated heterocycles. The molecule has 0 fully saturated rings. The van der Waals surface area contributed by atoms with Crippen LogP contribution in [0.3, 0.4) is 0 Å². The van der Waals surface area contributed by atoms with Crippen LogP contribution in [0, 0.1) is 13.8 Å². The Balaban J connectivity index is 3.10. The first-order valence-electron chi connectivity index (χ1n) is 5.65. The summed E-state index contributed by atoms with van der Waals surface area (Å²) in [6.07, 6.45) is -1.33. The summed E-state index contributed by atoms with van der Waals surface area (Å²) < 4.78 is 26.0. The Morgan fingerprint density at radius 1 is 1.26 bits per heavy atom. The molecule has 7 heteroatoms. The molecule has 0 spiro atoms. The van der Waals surface area contributed by atoms with Gasteiger partial charge in [-0.3, -0.25) is 4.79 Å². The summed E-state index contributed by atoms with van der Waals surface area (Å²) in [5, 5.41) is 18.1. The lowest BCUT2D eigenvalue weighted by molar-refractivity contribution is -0.141. The molecule has 2 atom stereocenters. The molecule has 0 aliphatic heterocycles. The maximum Gasteiger partial charge on any atom is 0.324 e. The second-order valence-corrected chi connectivity index (χ2v) is 6.14. The molecule has 0 heterocycles. The van der Waals surface area contributed by atoms with Gasteiger partial charge in [0.15, 0.2) is 0 Å². The fourth-order valence-electron chi connectivity index (χ4n) is 1.47. The molecule has 1 aromatic carbocycles. The number of carbonyl (C=O) groups is 1. The number of sulfonamides is 1. The Labute approximate surface area is 112 Å². The zero-order chi connectivity index (χ0) is 14.8. The van der Waals surface area contributed by atoms with E-state index in [4.69, 9.17) is 5.11 Å². The van der Waals surface area contributed by atoms with Crippen molar-refractivity contribution in [2.24, 2.45) is 0 Å². The number of benzene rings is 1. The third-order valence-electron chi connectivity index (χ3n) is 2.82. The second-order valence-electron chi connectivity index (χ2n) is 4.42. The molecular weight excluding hydrogens is 270 g/mol. The van der Waals surface area contributed by atoms with Crippen LogP contribution in [-0.2, 0) is 14.8 Å². The largest absolute Gasteiger partial charge is 0.480 e. The van der Waals surface area contributed by atoms with E-state index >= 15 is 0 Å². The number of rotatable bonds is 5.